The Morgan fingerprint density at radius 3 is 2.47 bits per heavy atom. The minimum atomic E-state index is -1.04. The summed E-state index contributed by atoms with van der Waals surface area (Å²) < 4.78 is 15.7. The molecule has 2 amide bonds. The molecule has 2 N–H and O–H groups in total. The third-order valence-corrected chi connectivity index (χ3v) is 6.06. The van der Waals surface area contributed by atoms with Gasteiger partial charge in [-0.3, -0.25) is 14.5 Å². The molecular weight excluding hydrogens is 502 g/mol. The van der Waals surface area contributed by atoms with Crippen LogP contribution in [0.3, 0.4) is 0 Å². The average molecular weight is 542 g/mol. The van der Waals surface area contributed by atoms with Crippen molar-refractivity contribution in [3.63, 3.8) is 0 Å². The summed E-state index contributed by atoms with van der Waals surface area (Å²) in [4.78, 5) is 32.5. The minimum absolute atomic E-state index is 0.226. The van der Waals surface area contributed by atoms with E-state index >= 15 is 4.39 Å². The SMILES string of the molecule is C=C(Cl)/C=C\C=C(/F)C(C(C(=O)Nc1cccc(Cl)n1)N(CC)CC1CC1)[C@@H](C)C(=O)NCC.CC. The molecule has 200 valence electrons. The number of amides is 2. The Balaban J connectivity index is 0.00000316. The summed E-state index contributed by atoms with van der Waals surface area (Å²) in [5, 5.41) is 5.99. The van der Waals surface area contributed by atoms with Crippen molar-refractivity contribution in [2.45, 2.75) is 53.5 Å². The van der Waals surface area contributed by atoms with Gasteiger partial charge in [0.15, 0.2) is 0 Å². The number of aromatic nitrogens is 1. The highest BCUT2D eigenvalue weighted by Gasteiger charge is 2.42. The van der Waals surface area contributed by atoms with Gasteiger partial charge < -0.3 is 10.6 Å². The van der Waals surface area contributed by atoms with Crippen LogP contribution in [0.4, 0.5) is 10.2 Å². The highest BCUT2D eigenvalue weighted by atomic mass is 35.5. The van der Waals surface area contributed by atoms with Crippen LogP contribution in [0.1, 0.15) is 47.5 Å². The van der Waals surface area contributed by atoms with Gasteiger partial charge in [0.2, 0.25) is 11.8 Å². The van der Waals surface area contributed by atoms with E-state index in [1.165, 1.54) is 18.2 Å². The van der Waals surface area contributed by atoms with E-state index in [4.69, 9.17) is 23.2 Å². The van der Waals surface area contributed by atoms with Crippen molar-refractivity contribution < 1.29 is 14.0 Å². The highest BCUT2D eigenvalue weighted by Crippen LogP contribution is 2.35. The second-order valence-electron chi connectivity index (χ2n) is 8.38. The van der Waals surface area contributed by atoms with Crippen LogP contribution in [0, 0.1) is 17.8 Å². The lowest BCUT2D eigenvalue weighted by atomic mass is 9.83. The fourth-order valence-corrected chi connectivity index (χ4v) is 4.06. The third kappa shape index (κ3) is 10.4. The quantitative estimate of drug-likeness (QED) is 0.226. The molecule has 0 spiro atoms. The molecule has 3 atom stereocenters. The van der Waals surface area contributed by atoms with Crippen LogP contribution < -0.4 is 10.6 Å². The first kappa shape index (κ1) is 31.8. The van der Waals surface area contributed by atoms with Crippen LogP contribution in [0.2, 0.25) is 5.15 Å². The second kappa shape index (κ2) is 16.5. The molecule has 2 unspecified atom stereocenters. The van der Waals surface area contributed by atoms with Crippen LogP contribution in [-0.4, -0.2) is 47.4 Å². The molecule has 1 heterocycles. The number of nitrogens with one attached hydrogen (secondary N) is 2. The monoisotopic (exact) mass is 540 g/mol. The molecule has 1 aromatic rings. The largest absolute Gasteiger partial charge is 0.356 e. The van der Waals surface area contributed by atoms with Crippen LogP contribution in [0.15, 0.2) is 53.9 Å². The summed E-state index contributed by atoms with van der Waals surface area (Å²) in [5.41, 5.74) is 0. The molecule has 1 aromatic heterocycles. The molecule has 0 bridgehead atoms. The molecule has 1 aliphatic carbocycles. The molecule has 2 rings (SSSR count). The molecular formula is C27H39Cl2FN4O2. The van der Waals surface area contributed by atoms with Gasteiger partial charge in [-0.2, -0.15) is 0 Å². The van der Waals surface area contributed by atoms with E-state index in [1.54, 1.807) is 32.0 Å². The Hall–Kier alpha value is -2.22. The number of anilines is 1. The highest BCUT2D eigenvalue weighted by molar-refractivity contribution is 6.30. The lowest BCUT2D eigenvalue weighted by Crippen LogP contribution is -2.53. The van der Waals surface area contributed by atoms with Gasteiger partial charge >= 0.3 is 0 Å². The number of carbonyl (C=O) groups excluding carboxylic acids is 2. The molecule has 0 aromatic carbocycles. The lowest BCUT2D eigenvalue weighted by molar-refractivity contribution is -0.129. The van der Waals surface area contributed by atoms with E-state index < -0.39 is 29.6 Å². The first-order chi connectivity index (χ1) is 17.2. The summed E-state index contributed by atoms with van der Waals surface area (Å²) in [5.74, 6) is -2.53. The van der Waals surface area contributed by atoms with Gasteiger partial charge in [0, 0.05) is 30.0 Å². The van der Waals surface area contributed by atoms with Crippen molar-refractivity contribution >= 4 is 40.8 Å². The van der Waals surface area contributed by atoms with E-state index in [2.05, 4.69) is 22.2 Å². The van der Waals surface area contributed by atoms with Crippen molar-refractivity contribution in [3.8, 4) is 0 Å². The fraction of sp³-hybridized carbons (Fsp3) is 0.519. The molecule has 0 aliphatic heterocycles. The van der Waals surface area contributed by atoms with E-state index in [0.717, 1.165) is 12.8 Å². The topological polar surface area (TPSA) is 74.3 Å². The summed E-state index contributed by atoms with van der Waals surface area (Å²) in [6.45, 7) is 14.5. The van der Waals surface area contributed by atoms with Gasteiger partial charge in [0.1, 0.15) is 16.8 Å². The van der Waals surface area contributed by atoms with Crippen molar-refractivity contribution in [2.24, 2.45) is 17.8 Å². The van der Waals surface area contributed by atoms with E-state index in [0.29, 0.717) is 25.6 Å². The first-order valence-electron chi connectivity index (χ1n) is 12.5. The number of allylic oxidation sites excluding steroid dienone is 4. The van der Waals surface area contributed by atoms with Gasteiger partial charge in [-0.15, -0.1) is 0 Å². The Morgan fingerprint density at radius 2 is 1.94 bits per heavy atom. The number of likely N-dealkylation sites (N-methyl/N-ethyl adjacent to an activating group) is 1. The van der Waals surface area contributed by atoms with E-state index in [9.17, 15) is 9.59 Å². The maximum Gasteiger partial charge on any atom is 0.243 e. The maximum atomic E-state index is 15.7. The van der Waals surface area contributed by atoms with Crippen LogP contribution in [0.5, 0.6) is 0 Å². The zero-order valence-electron chi connectivity index (χ0n) is 21.9. The summed E-state index contributed by atoms with van der Waals surface area (Å²) in [7, 11) is 0. The number of pyridine rings is 1. The van der Waals surface area contributed by atoms with Gasteiger partial charge in [-0.05, 0) is 56.5 Å². The molecule has 6 nitrogen and oxygen atoms in total. The van der Waals surface area contributed by atoms with Crippen LogP contribution in [-0.2, 0) is 9.59 Å². The second-order valence-corrected chi connectivity index (χ2v) is 9.25. The molecule has 1 aliphatic rings. The van der Waals surface area contributed by atoms with Crippen molar-refractivity contribution in [3.05, 3.63) is 59.0 Å². The van der Waals surface area contributed by atoms with Gasteiger partial charge in [0.25, 0.3) is 0 Å². The van der Waals surface area contributed by atoms with E-state index in [-0.39, 0.29) is 21.9 Å². The maximum absolute atomic E-state index is 15.7. The molecule has 9 heteroatoms. The molecule has 36 heavy (non-hydrogen) atoms. The molecule has 1 saturated carbocycles. The Morgan fingerprint density at radius 1 is 1.28 bits per heavy atom. The zero-order valence-corrected chi connectivity index (χ0v) is 23.4. The fourth-order valence-electron chi connectivity index (χ4n) is 3.82. The number of hydrogen-bond acceptors (Lipinski definition) is 4. The number of carbonyl (C=O) groups is 2. The van der Waals surface area contributed by atoms with Crippen LogP contribution in [0.25, 0.3) is 0 Å². The smallest absolute Gasteiger partial charge is 0.243 e. The minimum Gasteiger partial charge on any atom is -0.356 e. The normalized spacial score (nSPS) is 16.1. The standard InChI is InChI=1S/C25H33Cl2FN4O2.C2H6/c1-5-29-24(33)17(4)22(19(28)10-7-9-16(3)26)23(32(6-2)15-18-13-14-18)25(34)31-21-12-8-11-20(27)30-21;1-2/h7-12,17-18,22-23H,3,5-6,13-15H2,1-2,4H3,(H,29,33)(H,30,31,34);1-2H3/b9-7-,19-10-;/t17-,22?,23?;/m1./s1. The Kier molecular flexibility index (Phi) is 14.6. The Bertz CT molecular complexity index is 934. The van der Waals surface area contributed by atoms with Crippen molar-refractivity contribution in [1.82, 2.24) is 15.2 Å². The molecule has 0 saturated heterocycles. The summed E-state index contributed by atoms with van der Waals surface area (Å²) in [6.07, 6.45) is 6.23. The Labute approximate surface area is 225 Å². The number of halogens is 3. The van der Waals surface area contributed by atoms with Crippen molar-refractivity contribution in [2.75, 3.05) is 25.0 Å². The summed E-state index contributed by atoms with van der Waals surface area (Å²) in [6, 6.07) is 3.93. The first-order valence-corrected chi connectivity index (χ1v) is 13.3. The van der Waals surface area contributed by atoms with E-state index in [1.807, 2.05) is 25.7 Å². The van der Waals surface area contributed by atoms with Gasteiger partial charge in [-0.25, -0.2) is 9.37 Å². The average Bonchev–Trinajstić information content (AvgIpc) is 3.66. The predicted octanol–water partition coefficient (Wildman–Crippen LogP) is 6.35. The lowest BCUT2D eigenvalue weighted by Gasteiger charge is -2.37. The predicted molar refractivity (Wildman–Crippen MR) is 148 cm³/mol. The third-order valence-electron chi connectivity index (χ3n) is 5.72. The summed E-state index contributed by atoms with van der Waals surface area (Å²) >= 11 is 11.7. The zero-order chi connectivity index (χ0) is 27.3. The van der Waals surface area contributed by atoms with Crippen LogP contribution >= 0.6 is 23.2 Å². The molecule has 1 fully saturated rings. The molecule has 0 radical (unpaired) electrons. The van der Waals surface area contributed by atoms with Gasteiger partial charge in [-0.1, -0.05) is 69.6 Å². The van der Waals surface area contributed by atoms with Gasteiger partial charge in [0.05, 0.1) is 6.04 Å². The number of nitrogens with zero attached hydrogens (tertiary/aromatic N) is 2. The van der Waals surface area contributed by atoms with Crippen molar-refractivity contribution in [1.29, 1.82) is 0 Å². The number of rotatable bonds is 13. The number of hydrogen-bond donors (Lipinski definition) is 2.